The molecule has 0 spiro atoms. The van der Waals surface area contributed by atoms with E-state index in [9.17, 15) is 9.59 Å². The summed E-state index contributed by atoms with van der Waals surface area (Å²) in [5.41, 5.74) is 7.65. The Bertz CT molecular complexity index is 577. The minimum Gasteiger partial charge on any atom is -0.342 e. The lowest BCUT2D eigenvalue weighted by Crippen LogP contribution is -2.45. The van der Waals surface area contributed by atoms with Gasteiger partial charge in [-0.15, -0.1) is 0 Å². The zero-order valence-corrected chi connectivity index (χ0v) is 12.9. The van der Waals surface area contributed by atoms with Crippen molar-refractivity contribution in [1.82, 2.24) is 4.90 Å². The molecule has 0 radical (unpaired) electrons. The summed E-state index contributed by atoms with van der Waals surface area (Å²) in [7, 11) is 0. The van der Waals surface area contributed by atoms with Crippen molar-refractivity contribution >= 4 is 17.5 Å². The standard InChI is InChI=1S/C17H23N3O2/c1-11(18)12-6-8-20(9-7-12)17(22)14-10-16(21)19-15-5-3-2-4-13(14)15/h2-5,11-12,14H,6-10,18H2,1H3,(H,19,21). The van der Waals surface area contributed by atoms with Crippen LogP contribution in [0.2, 0.25) is 0 Å². The Morgan fingerprint density at radius 3 is 2.68 bits per heavy atom. The maximum Gasteiger partial charge on any atom is 0.230 e. The summed E-state index contributed by atoms with van der Waals surface area (Å²) in [5.74, 6) is 0.135. The van der Waals surface area contributed by atoms with Crippen molar-refractivity contribution in [2.24, 2.45) is 11.7 Å². The van der Waals surface area contributed by atoms with E-state index in [1.54, 1.807) is 0 Å². The second-order valence-electron chi connectivity index (χ2n) is 6.41. The van der Waals surface area contributed by atoms with Crippen molar-refractivity contribution in [1.29, 1.82) is 0 Å². The van der Waals surface area contributed by atoms with Crippen LogP contribution in [0.3, 0.4) is 0 Å². The molecule has 2 amide bonds. The summed E-state index contributed by atoms with van der Waals surface area (Å²) in [4.78, 5) is 26.6. The van der Waals surface area contributed by atoms with Gasteiger partial charge in [-0.2, -0.15) is 0 Å². The van der Waals surface area contributed by atoms with Crippen LogP contribution in [0.15, 0.2) is 24.3 Å². The molecule has 0 aliphatic carbocycles. The van der Waals surface area contributed by atoms with Crippen LogP contribution in [-0.4, -0.2) is 35.8 Å². The normalized spacial score (nSPS) is 23.6. The minimum absolute atomic E-state index is 0.0745. The maximum atomic E-state index is 12.9. The van der Waals surface area contributed by atoms with Crippen molar-refractivity contribution in [3.8, 4) is 0 Å². The molecule has 2 heterocycles. The van der Waals surface area contributed by atoms with Crippen molar-refractivity contribution < 1.29 is 9.59 Å². The first kappa shape index (κ1) is 15.0. The van der Waals surface area contributed by atoms with Gasteiger partial charge in [0.2, 0.25) is 11.8 Å². The number of fused-ring (bicyclic) bond motifs is 1. The van der Waals surface area contributed by atoms with Gasteiger partial charge in [0, 0.05) is 31.2 Å². The van der Waals surface area contributed by atoms with E-state index in [1.807, 2.05) is 36.1 Å². The molecule has 3 N–H and O–H groups in total. The largest absolute Gasteiger partial charge is 0.342 e. The number of likely N-dealkylation sites (tertiary alicyclic amines) is 1. The van der Waals surface area contributed by atoms with Crippen molar-refractivity contribution in [3.05, 3.63) is 29.8 Å². The number of anilines is 1. The smallest absolute Gasteiger partial charge is 0.230 e. The van der Waals surface area contributed by atoms with Gasteiger partial charge >= 0.3 is 0 Å². The molecule has 22 heavy (non-hydrogen) atoms. The van der Waals surface area contributed by atoms with Crippen LogP contribution in [0.1, 0.15) is 37.7 Å². The van der Waals surface area contributed by atoms with Crippen LogP contribution in [-0.2, 0) is 9.59 Å². The number of nitrogens with one attached hydrogen (secondary N) is 1. The van der Waals surface area contributed by atoms with E-state index in [0.717, 1.165) is 37.2 Å². The predicted octanol–water partition coefficient (Wildman–Crippen LogP) is 1.70. The molecule has 0 saturated carbocycles. The first-order valence-corrected chi connectivity index (χ1v) is 7.99. The third-order valence-corrected chi connectivity index (χ3v) is 4.89. The molecule has 1 saturated heterocycles. The van der Waals surface area contributed by atoms with Gasteiger partial charge in [-0.1, -0.05) is 18.2 Å². The number of hydrogen-bond acceptors (Lipinski definition) is 3. The highest BCUT2D eigenvalue weighted by Crippen LogP contribution is 2.34. The van der Waals surface area contributed by atoms with Gasteiger partial charge in [-0.25, -0.2) is 0 Å². The van der Waals surface area contributed by atoms with E-state index >= 15 is 0 Å². The monoisotopic (exact) mass is 301 g/mol. The molecular formula is C17H23N3O2. The topological polar surface area (TPSA) is 75.4 Å². The average Bonchev–Trinajstić information content (AvgIpc) is 2.53. The Morgan fingerprint density at radius 2 is 2.00 bits per heavy atom. The zero-order valence-electron chi connectivity index (χ0n) is 12.9. The van der Waals surface area contributed by atoms with Gasteiger partial charge in [0.1, 0.15) is 0 Å². The Kier molecular flexibility index (Phi) is 4.16. The summed E-state index contributed by atoms with van der Waals surface area (Å²) in [5, 5.41) is 2.84. The summed E-state index contributed by atoms with van der Waals surface area (Å²) in [6.45, 7) is 3.51. The zero-order chi connectivity index (χ0) is 15.7. The lowest BCUT2D eigenvalue weighted by atomic mass is 9.87. The molecule has 2 aliphatic rings. The minimum atomic E-state index is -0.350. The first-order valence-electron chi connectivity index (χ1n) is 7.99. The van der Waals surface area contributed by atoms with Crippen LogP contribution >= 0.6 is 0 Å². The molecule has 0 aromatic heterocycles. The molecule has 5 heteroatoms. The highest BCUT2D eigenvalue weighted by atomic mass is 16.2. The van der Waals surface area contributed by atoms with Gasteiger partial charge in [-0.05, 0) is 37.3 Å². The van der Waals surface area contributed by atoms with Crippen LogP contribution < -0.4 is 11.1 Å². The molecule has 2 aliphatic heterocycles. The van der Waals surface area contributed by atoms with Crippen LogP contribution in [0, 0.1) is 5.92 Å². The van der Waals surface area contributed by atoms with Crippen molar-refractivity contribution in [3.63, 3.8) is 0 Å². The fourth-order valence-corrected chi connectivity index (χ4v) is 3.50. The lowest BCUT2D eigenvalue weighted by Gasteiger charge is -2.36. The predicted molar refractivity (Wildman–Crippen MR) is 85.4 cm³/mol. The Hall–Kier alpha value is -1.88. The molecule has 5 nitrogen and oxygen atoms in total. The van der Waals surface area contributed by atoms with E-state index in [-0.39, 0.29) is 30.2 Å². The first-order chi connectivity index (χ1) is 10.6. The number of para-hydroxylation sites is 1. The van der Waals surface area contributed by atoms with E-state index in [1.165, 1.54) is 0 Å². The van der Waals surface area contributed by atoms with E-state index in [2.05, 4.69) is 5.32 Å². The molecule has 1 fully saturated rings. The molecule has 3 rings (SSSR count). The fraction of sp³-hybridized carbons (Fsp3) is 0.529. The number of rotatable bonds is 2. The van der Waals surface area contributed by atoms with Gasteiger partial charge < -0.3 is 16.0 Å². The number of carbonyl (C=O) groups excluding carboxylic acids is 2. The SMILES string of the molecule is CC(N)C1CCN(C(=O)C2CC(=O)Nc3ccccc32)CC1. The number of benzene rings is 1. The second-order valence-corrected chi connectivity index (χ2v) is 6.41. The van der Waals surface area contributed by atoms with E-state index < -0.39 is 0 Å². The second kappa shape index (κ2) is 6.08. The van der Waals surface area contributed by atoms with Gasteiger partial charge in [0.15, 0.2) is 0 Å². The Morgan fingerprint density at radius 1 is 1.32 bits per heavy atom. The molecule has 1 aromatic rings. The number of piperidine rings is 1. The van der Waals surface area contributed by atoms with Gasteiger partial charge in [0.05, 0.1) is 5.92 Å². The third kappa shape index (κ3) is 2.86. The summed E-state index contributed by atoms with van der Waals surface area (Å²) in [6, 6.07) is 7.76. The fourth-order valence-electron chi connectivity index (χ4n) is 3.50. The summed E-state index contributed by atoms with van der Waals surface area (Å²) in [6.07, 6.45) is 2.14. The summed E-state index contributed by atoms with van der Waals surface area (Å²) >= 11 is 0. The molecular weight excluding hydrogens is 278 g/mol. The van der Waals surface area contributed by atoms with Crippen LogP contribution in [0.4, 0.5) is 5.69 Å². The lowest BCUT2D eigenvalue weighted by molar-refractivity contribution is -0.136. The van der Waals surface area contributed by atoms with Crippen LogP contribution in [0.25, 0.3) is 0 Å². The van der Waals surface area contributed by atoms with Gasteiger partial charge in [-0.3, -0.25) is 9.59 Å². The number of amides is 2. The van der Waals surface area contributed by atoms with Crippen LogP contribution in [0.5, 0.6) is 0 Å². The van der Waals surface area contributed by atoms with E-state index in [0.29, 0.717) is 5.92 Å². The molecule has 2 unspecified atom stereocenters. The average molecular weight is 301 g/mol. The molecule has 2 atom stereocenters. The van der Waals surface area contributed by atoms with Gasteiger partial charge in [0.25, 0.3) is 0 Å². The number of carbonyl (C=O) groups is 2. The Balaban J connectivity index is 1.75. The highest BCUT2D eigenvalue weighted by Gasteiger charge is 2.35. The number of hydrogen-bond donors (Lipinski definition) is 2. The van der Waals surface area contributed by atoms with E-state index in [4.69, 9.17) is 5.73 Å². The molecule has 118 valence electrons. The molecule has 0 bridgehead atoms. The highest BCUT2D eigenvalue weighted by molar-refractivity contribution is 6.01. The Labute approximate surface area is 130 Å². The van der Waals surface area contributed by atoms with Crippen molar-refractivity contribution in [2.45, 2.75) is 38.1 Å². The molecule has 1 aromatic carbocycles. The van der Waals surface area contributed by atoms with Crippen molar-refractivity contribution in [2.75, 3.05) is 18.4 Å². The number of nitrogens with two attached hydrogens (primary N) is 1. The quantitative estimate of drug-likeness (QED) is 0.873. The maximum absolute atomic E-state index is 12.9. The summed E-state index contributed by atoms with van der Waals surface area (Å²) < 4.78 is 0. The number of nitrogens with zero attached hydrogens (tertiary/aromatic N) is 1. The third-order valence-electron chi connectivity index (χ3n) is 4.89.